The van der Waals surface area contributed by atoms with Crippen molar-refractivity contribution >= 4 is 23.2 Å². The normalized spacial score (nSPS) is 17.4. The van der Waals surface area contributed by atoms with Crippen molar-refractivity contribution in [2.75, 3.05) is 18.9 Å². The molecule has 1 fully saturated rings. The average molecular weight is 283 g/mol. The van der Waals surface area contributed by atoms with Crippen LogP contribution < -0.4 is 11.1 Å². The van der Waals surface area contributed by atoms with E-state index in [9.17, 15) is 9.90 Å². The quantitative estimate of drug-likeness (QED) is 0.741. The van der Waals surface area contributed by atoms with Crippen LogP contribution in [0, 0.1) is 5.41 Å². The standard InChI is InChI=1S/C14H19ClN2O2/c15-11-4-3-10(7-12(11)16)13(19)17-8-14(9-18)5-1-2-6-14/h3-4,7,18H,1-2,5-6,8-9,16H2,(H,17,19). The van der Waals surface area contributed by atoms with E-state index in [4.69, 9.17) is 17.3 Å². The molecule has 1 aliphatic rings. The highest BCUT2D eigenvalue weighted by Gasteiger charge is 2.33. The third-order valence-corrected chi connectivity index (χ3v) is 4.23. The molecule has 1 aromatic carbocycles. The molecule has 0 atom stereocenters. The number of amides is 1. The number of anilines is 1. The van der Waals surface area contributed by atoms with Gasteiger partial charge in [-0.2, -0.15) is 0 Å². The lowest BCUT2D eigenvalue weighted by Gasteiger charge is -2.26. The van der Waals surface area contributed by atoms with E-state index in [1.165, 1.54) is 0 Å². The molecule has 1 aliphatic carbocycles. The SMILES string of the molecule is Nc1cc(C(=O)NCC2(CO)CCCC2)ccc1Cl. The monoisotopic (exact) mass is 282 g/mol. The number of nitrogens with one attached hydrogen (secondary N) is 1. The molecular weight excluding hydrogens is 264 g/mol. The van der Waals surface area contributed by atoms with Gasteiger partial charge in [0.1, 0.15) is 0 Å². The van der Waals surface area contributed by atoms with Gasteiger partial charge in [-0.3, -0.25) is 4.79 Å². The summed E-state index contributed by atoms with van der Waals surface area (Å²) in [4.78, 5) is 12.0. The molecule has 1 aromatic rings. The number of nitrogens with two attached hydrogens (primary N) is 1. The van der Waals surface area contributed by atoms with Gasteiger partial charge in [0.05, 0.1) is 17.3 Å². The Hall–Kier alpha value is -1.26. The number of carbonyl (C=O) groups is 1. The van der Waals surface area contributed by atoms with Crippen LogP contribution >= 0.6 is 11.6 Å². The number of hydrogen-bond acceptors (Lipinski definition) is 3. The van der Waals surface area contributed by atoms with E-state index in [0.717, 1.165) is 25.7 Å². The van der Waals surface area contributed by atoms with Gasteiger partial charge in [0.25, 0.3) is 5.91 Å². The zero-order valence-electron chi connectivity index (χ0n) is 10.8. The molecule has 0 aliphatic heterocycles. The maximum absolute atomic E-state index is 12.0. The zero-order valence-corrected chi connectivity index (χ0v) is 11.5. The van der Waals surface area contributed by atoms with Crippen molar-refractivity contribution < 1.29 is 9.90 Å². The van der Waals surface area contributed by atoms with Gasteiger partial charge in [0.15, 0.2) is 0 Å². The number of hydrogen-bond donors (Lipinski definition) is 3. The molecule has 0 aromatic heterocycles. The first-order valence-corrected chi connectivity index (χ1v) is 6.88. The van der Waals surface area contributed by atoms with Gasteiger partial charge in [0, 0.05) is 17.5 Å². The molecule has 4 N–H and O–H groups in total. The van der Waals surface area contributed by atoms with Crippen LogP contribution in [-0.2, 0) is 0 Å². The Balaban J connectivity index is 1.99. The molecule has 19 heavy (non-hydrogen) atoms. The van der Waals surface area contributed by atoms with E-state index in [0.29, 0.717) is 22.8 Å². The third-order valence-electron chi connectivity index (χ3n) is 3.88. The number of rotatable bonds is 4. The van der Waals surface area contributed by atoms with Crippen molar-refractivity contribution in [3.8, 4) is 0 Å². The van der Waals surface area contributed by atoms with Crippen LogP contribution in [0.3, 0.4) is 0 Å². The highest BCUT2D eigenvalue weighted by atomic mass is 35.5. The molecule has 0 heterocycles. The van der Waals surface area contributed by atoms with Gasteiger partial charge in [-0.15, -0.1) is 0 Å². The Labute approximate surface area is 117 Å². The van der Waals surface area contributed by atoms with Crippen LogP contribution in [0.5, 0.6) is 0 Å². The largest absolute Gasteiger partial charge is 0.398 e. The van der Waals surface area contributed by atoms with Crippen LogP contribution in [0.4, 0.5) is 5.69 Å². The molecule has 0 bridgehead atoms. The predicted octanol–water partition coefficient (Wildman–Crippen LogP) is 2.20. The highest BCUT2D eigenvalue weighted by molar-refractivity contribution is 6.33. The topological polar surface area (TPSA) is 75.4 Å². The number of nitrogen functional groups attached to an aromatic ring is 1. The van der Waals surface area contributed by atoms with Crippen molar-refractivity contribution in [2.45, 2.75) is 25.7 Å². The average Bonchev–Trinajstić information content (AvgIpc) is 2.89. The van der Waals surface area contributed by atoms with Crippen LogP contribution in [-0.4, -0.2) is 24.2 Å². The fraction of sp³-hybridized carbons (Fsp3) is 0.500. The van der Waals surface area contributed by atoms with Crippen molar-refractivity contribution in [1.82, 2.24) is 5.32 Å². The number of aliphatic hydroxyl groups excluding tert-OH is 1. The Kier molecular flexibility index (Phi) is 4.32. The lowest BCUT2D eigenvalue weighted by atomic mass is 9.87. The molecule has 1 saturated carbocycles. The van der Waals surface area contributed by atoms with Crippen molar-refractivity contribution in [1.29, 1.82) is 0 Å². The third kappa shape index (κ3) is 3.19. The Morgan fingerprint density at radius 2 is 2.11 bits per heavy atom. The van der Waals surface area contributed by atoms with Gasteiger partial charge >= 0.3 is 0 Å². The first-order chi connectivity index (χ1) is 9.06. The molecule has 5 heteroatoms. The maximum atomic E-state index is 12.0. The second-order valence-corrected chi connectivity index (χ2v) is 5.69. The fourth-order valence-electron chi connectivity index (χ4n) is 2.57. The van der Waals surface area contributed by atoms with E-state index in [2.05, 4.69) is 5.32 Å². The van der Waals surface area contributed by atoms with E-state index in [1.807, 2.05) is 0 Å². The first kappa shape index (κ1) is 14.2. The molecule has 0 spiro atoms. The summed E-state index contributed by atoms with van der Waals surface area (Å²) >= 11 is 5.82. The van der Waals surface area contributed by atoms with E-state index < -0.39 is 0 Å². The maximum Gasteiger partial charge on any atom is 0.251 e. The Bertz CT molecular complexity index is 471. The van der Waals surface area contributed by atoms with Crippen molar-refractivity contribution in [3.05, 3.63) is 28.8 Å². The molecule has 0 unspecified atom stereocenters. The molecule has 0 radical (unpaired) electrons. The fourth-order valence-corrected chi connectivity index (χ4v) is 2.69. The van der Waals surface area contributed by atoms with Gasteiger partial charge < -0.3 is 16.2 Å². The lowest BCUT2D eigenvalue weighted by molar-refractivity contribution is 0.0880. The molecule has 4 nitrogen and oxygen atoms in total. The van der Waals surface area contributed by atoms with E-state index >= 15 is 0 Å². The molecule has 0 saturated heterocycles. The first-order valence-electron chi connectivity index (χ1n) is 6.50. The summed E-state index contributed by atoms with van der Waals surface area (Å²) in [6.45, 7) is 0.626. The molecule has 2 rings (SSSR count). The summed E-state index contributed by atoms with van der Waals surface area (Å²) in [5, 5.41) is 12.8. The second-order valence-electron chi connectivity index (χ2n) is 5.28. The minimum absolute atomic E-state index is 0.121. The Morgan fingerprint density at radius 1 is 1.42 bits per heavy atom. The van der Waals surface area contributed by atoms with E-state index in [-0.39, 0.29) is 17.9 Å². The summed E-state index contributed by atoms with van der Waals surface area (Å²) in [7, 11) is 0. The van der Waals surface area contributed by atoms with Gasteiger partial charge in [-0.1, -0.05) is 24.4 Å². The summed E-state index contributed by atoms with van der Waals surface area (Å²) in [5.41, 5.74) is 6.42. The minimum Gasteiger partial charge on any atom is -0.398 e. The molecule has 1 amide bonds. The summed E-state index contributed by atoms with van der Waals surface area (Å²) in [6.07, 6.45) is 4.16. The minimum atomic E-state index is -0.178. The number of benzene rings is 1. The van der Waals surface area contributed by atoms with Crippen LogP contribution in [0.25, 0.3) is 0 Å². The van der Waals surface area contributed by atoms with E-state index in [1.54, 1.807) is 18.2 Å². The van der Waals surface area contributed by atoms with Crippen LogP contribution in [0.15, 0.2) is 18.2 Å². The number of carbonyl (C=O) groups excluding carboxylic acids is 1. The predicted molar refractivity (Wildman–Crippen MR) is 76.2 cm³/mol. The van der Waals surface area contributed by atoms with Gasteiger partial charge in [0.2, 0.25) is 0 Å². The summed E-state index contributed by atoms with van der Waals surface area (Å²) in [5.74, 6) is -0.178. The van der Waals surface area contributed by atoms with Crippen LogP contribution in [0.2, 0.25) is 5.02 Å². The van der Waals surface area contributed by atoms with Crippen LogP contribution in [0.1, 0.15) is 36.0 Å². The second kappa shape index (κ2) is 5.80. The lowest BCUT2D eigenvalue weighted by Crippen LogP contribution is -2.38. The summed E-state index contributed by atoms with van der Waals surface area (Å²) < 4.78 is 0. The Morgan fingerprint density at radius 3 is 2.68 bits per heavy atom. The van der Waals surface area contributed by atoms with Crippen molar-refractivity contribution in [3.63, 3.8) is 0 Å². The number of halogens is 1. The zero-order chi connectivity index (χ0) is 13.9. The number of aliphatic hydroxyl groups is 1. The highest BCUT2D eigenvalue weighted by Crippen LogP contribution is 2.36. The molecule has 104 valence electrons. The van der Waals surface area contributed by atoms with Crippen molar-refractivity contribution in [2.24, 2.45) is 5.41 Å². The van der Waals surface area contributed by atoms with Gasteiger partial charge in [-0.25, -0.2) is 0 Å². The summed E-state index contributed by atoms with van der Waals surface area (Å²) in [6, 6.07) is 4.83. The van der Waals surface area contributed by atoms with Gasteiger partial charge in [-0.05, 0) is 31.0 Å². The molecular formula is C14H19ClN2O2. The smallest absolute Gasteiger partial charge is 0.251 e.